The molecule has 0 bridgehead atoms. The van der Waals surface area contributed by atoms with Gasteiger partial charge in [-0.2, -0.15) is 13.2 Å². The van der Waals surface area contributed by atoms with Crippen molar-refractivity contribution < 1.29 is 81.2 Å². The average Bonchev–Trinajstić information content (AvgIpc) is 3.26. The van der Waals surface area contributed by atoms with Gasteiger partial charge >= 0.3 is 24.1 Å². The summed E-state index contributed by atoms with van der Waals surface area (Å²) < 4.78 is 41.3. The number of rotatable bonds is 28. The Morgan fingerprint density at radius 2 is 1.10 bits per heavy atom. The number of carboxylic acids is 3. The number of Topliss-reactive ketones (excluding diaryl/α,β-unsaturated/α-hetero) is 1. The Balaban J connectivity index is 2.49. The molecule has 7 amide bonds. The third-order valence-corrected chi connectivity index (χ3v) is 10.5. The van der Waals surface area contributed by atoms with Crippen molar-refractivity contribution in [2.75, 3.05) is 0 Å². The fourth-order valence-electron chi connectivity index (χ4n) is 6.83. The fourth-order valence-corrected chi connectivity index (χ4v) is 6.83. The number of carbonyl (C=O) groups is 11. The highest BCUT2D eigenvalue weighted by Gasteiger charge is 2.42. The van der Waals surface area contributed by atoms with Gasteiger partial charge in [-0.05, 0) is 47.8 Å². The van der Waals surface area contributed by atoms with Crippen LogP contribution in [-0.4, -0.2) is 123 Å². The van der Waals surface area contributed by atoms with Crippen LogP contribution in [0.2, 0.25) is 0 Å². The summed E-state index contributed by atoms with van der Waals surface area (Å²) >= 11 is 0. The number of alkyl halides is 3. The van der Waals surface area contributed by atoms with E-state index in [1.165, 1.54) is 20.8 Å². The van der Waals surface area contributed by atoms with Crippen LogP contribution < -0.4 is 37.2 Å². The van der Waals surface area contributed by atoms with Crippen molar-refractivity contribution >= 4 is 65.0 Å². The topological polar surface area (TPSA) is 333 Å². The summed E-state index contributed by atoms with van der Waals surface area (Å²) in [5, 5.41) is 43.7. The Morgan fingerprint density at radius 1 is 0.577 bits per heavy atom. The van der Waals surface area contributed by atoms with Crippen molar-refractivity contribution in [3.05, 3.63) is 71.3 Å². The first-order valence-electron chi connectivity index (χ1n) is 22.4. The zero-order chi connectivity index (χ0) is 53.8. The molecule has 390 valence electrons. The minimum atomic E-state index is -5.04. The Morgan fingerprint density at radius 3 is 1.65 bits per heavy atom. The number of nitrogens with one attached hydrogen (secondary N) is 7. The molecule has 0 aliphatic heterocycles. The van der Waals surface area contributed by atoms with Crippen molar-refractivity contribution in [1.29, 1.82) is 0 Å². The maximum absolute atomic E-state index is 14.4. The van der Waals surface area contributed by atoms with Gasteiger partial charge in [0.2, 0.25) is 41.2 Å². The fraction of sp³-hybridized carbons (Fsp3) is 0.511. The smallest absolute Gasteiger partial charge is 0.391 e. The summed E-state index contributed by atoms with van der Waals surface area (Å²) in [7, 11) is 0. The number of benzene rings is 2. The lowest BCUT2D eigenvalue weighted by Gasteiger charge is -2.34. The number of halogens is 3. The van der Waals surface area contributed by atoms with Gasteiger partial charge in [0.15, 0.2) is 0 Å². The molecule has 0 aliphatic rings. The molecule has 2 aromatic rings. The lowest BCUT2D eigenvalue weighted by atomic mass is 9.85. The molecule has 0 aromatic heterocycles. The molecule has 2 aromatic carbocycles. The Kier molecular flexibility index (Phi) is 23.3. The Hall–Kier alpha value is -7.40. The maximum atomic E-state index is 14.4. The van der Waals surface area contributed by atoms with E-state index in [0.29, 0.717) is 16.7 Å². The van der Waals surface area contributed by atoms with E-state index in [9.17, 15) is 76.1 Å². The van der Waals surface area contributed by atoms with E-state index in [-0.39, 0.29) is 19.4 Å². The van der Waals surface area contributed by atoms with E-state index in [0.717, 1.165) is 0 Å². The molecule has 0 spiro atoms. The molecule has 0 fully saturated rings. The zero-order valence-electron chi connectivity index (χ0n) is 40.1. The van der Waals surface area contributed by atoms with Gasteiger partial charge in [0.1, 0.15) is 36.3 Å². The van der Waals surface area contributed by atoms with Gasteiger partial charge in [-0.1, -0.05) is 89.2 Å². The van der Waals surface area contributed by atoms with E-state index in [1.807, 2.05) is 5.32 Å². The minimum Gasteiger partial charge on any atom is -0.481 e. The standard InChI is InChI=1S/C47H62F3N7O14/c1-25(2)20-30(41(67)56-33(23-47(48,49)50)38(65)44(70)51-24-27-13-8-7-9-14-27)55-45(71)39(46(4,5)6)57-43(69)31(21-28-15-11-10-12-26(28)3)54-40(66)29(16-18-35(59)60)53-42(68)32(22-37(63)64)52-34(58)17-19-36(61)62/h7-15,25,29-33,39H,16-24H2,1-6H3,(H,51,70)(H,52,58)(H,53,68)(H,54,66)(H,55,71)(H,56,67)(H,57,69)(H,59,60)(H,61,62)(H,63,64)/t29-,30-,31-,32-,33+,39+/m0/s1. The number of amides is 7. The summed E-state index contributed by atoms with van der Waals surface area (Å²) in [6.07, 6.45) is -11.2. The Bertz CT molecular complexity index is 2250. The van der Waals surface area contributed by atoms with E-state index in [2.05, 4.69) is 31.9 Å². The summed E-state index contributed by atoms with van der Waals surface area (Å²) in [6.45, 7) is 9.27. The average molecular weight is 1010 g/mol. The SMILES string of the molecule is Cc1ccccc1C[C@H](NC(=O)[C@H](CCC(=O)O)NC(=O)[C@H](CC(=O)O)NC(=O)CCC(=O)O)C(=O)N[C@H](C(=O)N[C@@H](CC(C)C)C(=O)N[C@H](CC(F)(F)F)C(=O)C(=O)NCc1ccccc1)C(C)(C)C. The van der Waals surface area contributed by atoms with Crippen LogP contribution in [0.15, 0.2) is 54.6 Å². The van der Waals surface area contributed by atoms with Crippen LogP contribution >= 0.6 is 0 Å². The molecule has 0 unspecified atom stereocenters. The van der Waals surface area contributed by atoms with E-state index in [4.69, 9.17) is 5.11 Å². The van der Waals surface area contributed by atoms with Gasteiger partial charge in [0, 0.05) is 25.8 Å². The number of hydrogen-bond donors (Lipinski definition) is 10. The third kappa shape index (κ3) is 22.3. The predicted octanol–water partition coefficient (Wildman–Crippen LogP) is 1.58. The maximum Gasteiger partial charge on any atom is 0.391 e. The third-order valence-electron chi connectivity index (χ3n) is 10.5. The van der Waals surface area contributed by atoms with Crippen molar-refractivity contribution in [1.82, 2.24) is 37.2 Å². The van der Waals surface area contributed by atoms with Gasteiger partial charge in [-0.15, -0.1) is 0 Å². The van der Waals surface area contributed by atoms with E-state index >= 15 is 0 Å². The zero-order valence-corrected chi connectivity index (χ0v) is 40.1. The Labute approximate surface area is 407 Å². The molecule has 21 nitrogen and oxygen atoms in total. The molecule has 24 heteroatoms. The van der Waals surface area contributed by atoms with Crippen LogP contribution in [0.3, 0.4) is 0 Å². The number of hydrogen-bond acceptors (Lipinski definition) is 11. The molecular formula is C47H62F3N7O14. The second kappa shape index (κ2) is 27.7. The molecule has 2 rings (SSSR count). The molecule has 0 heterocycles. The first-order chi connectivity index (χ1) is 33.0. The molecule has 6 atom stereocenters. The monoisotopic (exact) mass is 1010 g/mol. The van der Waals surface area contributed by atoms with Crippen molar-refractivity contribution in [2.24, 2.45) is 11.3 Å². The van der Waals surface area contributed by atoms with Crippen LogP contribution in [0.4, 0.5) is 13.2 Å². The van der Waals surface area contributed by atoms with Gasteiger partial charge < -0.3 is 52.5 Å². The van der Waals surface area contributed by atoms with Crippen molar-refractivity contribution in [2.45, 2.75) is 142 Å². The normalized spacial score (nSPS) is 13.9. The van der Waals surface area contributed by atoms with Crippen LogP contribution in [0.25, 0.3) is 0 Å². The molecule has 0 saturated heterocycles. The first kappa shape index (κ1) is 59.7. The lowest BCUT2D eigenvalue weighted by Crippen LogP contribution is -2.62. The highest BCUT2D eigenvalue weighted by Crippen LogP contribution is 2.24. The molecule has 0 saturated carbocycles. The summed E-state index contributed by atoms with van der Waals surface area (Å²) in [5.41, 5.74) is 0.441. The number of aryl methyl sites for hydroxylation is 1. The van der Waals surface area contributed by atoms with E-state index in [1.54, 1.807) is 75.4 Å². The van der Waals surface area contributed by atoms with Gasteiger partial charge in [0.05, 0.1) is 19.3 Å². The number of carbonyl (C=O) groups excluding carboxylic acids is 8. The second-order valence-corrected chi connectivity index (χ2v) is 18.2. The highest BCUT2D eigenvalue weighted by atomic mass is 19.4. The van der Waals surface area contributed by atoms with Gasteiger partial charge in [0.25, 0.3) is 5.91 Å². The minimum absolute atomic E-state index is 0.204. The van der Waals surface area contributed by atoms with Crippen molar-refractivity contribution in [3.8, 4) is 0 Å². The molecule has 0 aliphatic carbocycles. The molecule has 0 radical (unpaired) electrons. The molecule has 10 N–H and O–H groups in total. The number of aliphatic carboxylic acids is 3. The highest BCUT2D eigenvalue weighted by molar-refractivity contribution is 6.38. The molecule has 71 heavy (non-hydrogen) atoms. The summed E-state index contributed by atoms with van der Waals surface area (Å²) in [6, 6.07) is 3.86. The van der Waals surface area contributed by atoms with Gasteiger partial charge in [-0.25, -0.2) is 0 Å². The predicted molar refractivity (Wildman–Crippen MR) is 245 cm³/mol. The van der Waals surface area contributed by atoms with E-state index < -0.39 is 157 Å². The van der Waals surface area contributed by atoms with Crippen molar-refractivity contribution in [3.63, 3.8) is 0 Å². The van der Waals surface area contributed by atoms with Crippen LogP contribution in [0.5, 0.6) is 0 Å². The van der Waals surface area contributed by atoms with Crippen LogP contribution in [-0.2, 0) is 65.7 Å². The summed E-state index contributed by atoms with van der Waals surface area (Å²) in [4.78, 5) is 142. The van der Waals surface area contributed by atoms with Gasteiger partial charge in [-0.3, -0.25) is 52.7 Å². The molecular weight excluding hydrogens is 944 g/mol. The number of carboxylic acid groups (broad SMARTS) is 3. The number of ketones is 1. The largest absolute Gasteiger partial charge is 0.481 e. The van der Waals surface area contributed by atoms with Crippen LogP contribution in [0, 0.1) is 18.3 Å². The van der Waals surface area contributed by atoms with Crippen LogP contribution in [0.1, 0.15) is 96.3 Å². The first-order valence-corrected chi connectivity index (χ1v) is 22.4. The second-order valence-electron chi connectivity index (χ2n) is 18.2. The summed E-state index contributed by atoms with van der Waals surface area (Å²) in [5.74, 6) is -14.6. The quantitative estimate of drug-likeness (QED) is 0.0542. The lowest BCUT2D eigenvalue weighted by molar-refractivity contribution is -0.154.